The molecular weight excluding hydrogens is 274 g/mol. The minimum Gasteiger partial charge on any atom is -0.492 e. The summed E-state index contributed by atoms with van der Waals surface area (Å²) in [5.74, 6) is 0.739. The van der Waals surface area contributed by atoms with Crippen molar-refractivity contribution in [2.24, 2.45) is 0 Å². The minimum atomic E-state index is -0.00379. The van der Waals surface area contributed by atoms with Gasteiger partial charge < -0.3 is 10.1 Å². The second-order valence-corrected chi connectivity index (χ2v) is 4.75. The first-order valence-corrected chi connectivity index (χ1v) is 6.81. The maximum absolute atomic E-state index is 11.7. The zero-order valence-corrected chi connectivity index (χ0v) is 11.8. The number of amides is 1. The molecule has 20 heavy (non-hydrogen) atoms. The van der Waals surface area contributed by atoms with Crippen molar-refractivity contribution in [2.75, 3.05) is 13.2 Å². The third-order valence-corrected chi connectivity index (χ3v) is 2.97. The van der Waals surface area contributed by atoms with Gasteiger partial charge in [-0.2, -0.15) is 0 Å². The number of carbonyl (C=O) groups is 1. The molecule has 0 spiro atoms. The van der Waals surface area contributed by atoms with E-state index in [1.807, 2.05) is 30.3 Å². The zero-order valence-electron chi connectivity index (χ0n) is 11.0. The topological polar surface area (TPSA) is 38.3 Å². The number of carbonyl (C=O) groups excluding carboxylic acids is 1. The summed E-state index contributed by atoms with van der Waals surface area (Å²) >= 11 is 5.78. The van der Waals surface area contributed by atoms with E-state index in [-0.39, 0.29) is 5.91 Å². The quantitative estimate of drug-likeness (QED) is 0.830. The van der Waals surface area contributed by atoms with Crippen molar-refractivity contribution < 1.29 is 9.53 Å². The van der Waals surface area contributed by atoms with Crippen molar-refractivity contribution in [3.8, 4) is 5.75 Å². The fourth-order valence-corrected chi connectivity index (χ4v) is 1.86. The van der Waals surface area contributed by atoms with E-state index < -0.39 is 0 Å². The summed E-state index contributed by atoms with van der Waals surface area (Å²) in [4.78, 5) is 11.7. The molecule has 0 saturated heterocycles. The molecule has 2 aromatic rings. The summed E-state index contributed by atoms with van der Waals surface area (Å²) in [7, 11) is 0. The summed E-state index contributed by atoms with van der Waals surface area (Å²) in [6, 6.07) is 16.8. The Labute approximate surface area is 123 Å². The number of hydrogen-bond donors (Lipinski definition) is 1. The Kier molecular flexibility index (Phi) is 5.44. The van der Waals surface area contributed by atoms with Crippen LogP contribution in [0.2, 0.25) is 5.02 Å². The third kappa shape index (κ3) is 4.94. The summed E-state index contributed by atoms with van der Waals surface area (Å²) in [6.07, 6.45) is 0.391. The summed E-state index contributed by atoms with van der Waals surface area (Å²) in [6.45, 7) is 0.913. The SMILES string of the molecule is O=C(Cc1ccccc1)NCCOc1ccc(Cl)cc1. The van der Waals surface area contributed by atoms with Crippen molar-refractivity contribution >= 4 is 17.5 Å². The molecule has 2 aromatic carbocycles. The lowest BCUT2D eigenvalue weighted by Crippen LogP contribution is -2.29. The third-order valence-electron chi connectivity index (χ3n) is 2.71. The predicted molar refractivity (Wildman–Crippen MR) is 80.1 cm³/mol. The van der Waals surface area contributed by atoms with Gasteiger partial charge in [-0.15, -0.1) is 0 Å². The molecule has 3 nitrogen and oxygen atoms in total. The van der Waals surface area contributed by atoms with E-state index in [4.69, 9.17) is 16.3 Å². The lowest BCUT2D eigenvalue weighted by molar-refractivity contribution is -0.120. The normalized spacial score (nSPS) is 10.1. The first-order chi connectivity index (χ1) is 9.74. The first kappa shape index (κ1) is 14.4. The molecule has 0 fully saturated rings. The van der Waals surface area contributed by atoms with Crippen LogP contribution in [0.3, 0.4) is 0 Å². The first-order valence-electron chi connectivity index (χ1n) is 6.43. The second-order valence-electron chi connectivity index (χ2n) is 4.31. The molecule has 0 unspecified atom stereocenters. The van der Waals surface area contributed by atoms with Gasteiger partial charge in [0.1, 0.15) is 12.4 Å². The average Bonchev–Trinajstić information content (AvgIpc) is 2.46. The molecule has 0 radical (unpaired) electrons. The van der Waals surface area contributed by atoms with Crippen LogP contribution in [0.4, 0.5) is 0 Å². The Morgan fingerprint density at radius 2 is 1.75 bits per heavy atom. The Balaban J connectivity index is 1.66. The molecular formula is C16H16ClNO2. The molecule has 0 saturated carbocycles. The number of hydrogen-bond acceptors (Lipinski definition) is 2. The molecule has 1 N–H and O–H groups in total. The highest BCUT2D eigenvalue weighted by atomic mass is 35.5. The maximum Gasteiger partial charge on any atom is 0.224 e. The summed E-state index contributed by atoms with van der Waals surface area (Å²) in [5.41, 5.74) is 1.00. The molecule has 0 aliphatic carbocycles. The molecule has 104 valence electrons. The predicted octanol–water partition coefficient (Wildman–Crippen LogP) is 3.08. The van der Waals surface area contributed by atoms with E-state index in [0.29, 0.717) is 24.6 Å². The highest BCUT2D eigenvalue weighted by Crippen LogP contribution is 2.15. The molecule has 0 aliphatic heterocycles. The van der Waals surface area contributed by atoms with Crippen LogP contribution in [0, 0.1) is 0 Å². The molecule has 0 atom stereocenters. The number of benzene rings is 2. The van der Waals surface area contributed by atoms with Crippen LogP contribution < -0.4 is 10.1 Å². The van der Waals surface area contributed by atoms with Gasteiger partial charge in [0.2, 0.25) is 5.91 Å². The fourth-order valence-electron chi connectivity index (χ4n) is 1.73. The summed E-state index contributed by atoms with van der Waals surface area (Å²) < 4.78 is 5.49. The van der Waals surface area contributed by atoms with E-state index in [9.17, 15) is 4.79 Å². The highest BCUT2D eigenvalue weighted by Gasteiger charge is 2.02. The van der Waals surface area contributed by atoms with Crippen molar-refractivity contribution in [1.82, 2.24) is 5.32 Å². The smallest absolute Gasteiger partial charge is 0.224 e. The van der Waals surface area contributed by atoms with Crippen LogP contribution in [0.1, 0.15) is 5.56 Å². The van der Waals surface area contributed by atoms with Gasteiger partial charge in [0.05, 0.1) is 13.0 Å². The van der Waals surface area contributed by atoms with Crippen LogP contribution in [0.5, 0.6) is 5.75 Å². The average molecular weight is 290 g/mol. The van der Waals surface area contributed by atoms with Gasteiger partial charge in [-0.1, -0.05) is 41.9 Å². The number of rotatable bonds is 6. The monoisotopic (exact) mass is 289 g/mol. The van der Waals surface area contributed by atoms with Crippen molar-refractivity contribution in [3.05, 3.63) is 65.2 Å². The Bertz CT molecular complexity index is 540. The van der Waals surface area contributed by atoms with Gasteiger partial charge in [-0.05, 0) is 29.8 Å². The molecule has 0 aromatic heterocycles. The van der Waals surface area contributed by atoms with Gasteiger partial charge >= 0.3 is 0 Å². The van der Waals surface area contributed by atoms with Gasteiger partial charge in [-0.3, -0.25) is 4.79 Å². The zero-order chi connectivity index (χ0) is 14.2. The second kappa shape index (κ2) is 7.56. The van der Waals surface area contributed by atoms with Crippen molar-refractivity contribution in [3.63, 3.8) is 0 Å². The Hall–Kier alpha value is -2.00. The van der Waals surface area contributed by atoms with Crippen molar-refractivity contribution in [2.45, 2.75) is 6.42 Å². The molecule has 2 rings (SSSR count). The van der Waals surface area contributed by atoms with Crippen LogP contribution in [-0.2, 0) is 11.2 Å². The number of halogens is 1. The van der Waals surface area contributed by atoms with Gasteiger partial charge in [0.25, 0.3) is 0 Å². The van der Waals surface area contributed by atoms with E-state index in [2.05, 4.69) is 5.32 Å². The summed E-state index contributed by atoms with van der Waals surface area (Å²) in [5, 5.41) is 3.50. The van der Waals surface area contributed by atoms with Gasteiger partial charge in [0.15, 0.2) is 0 Å². The van der Waals surface area contributed by atoms with E-state index >= 15 is 0 Å². The van der Waals surface area contributed by atoms with E-state index in [0.717, 1.165) is 11.3 Å². The Morgan fingerprint density at radius 1 is 1.05 bits per heavy atom. The minimum absolute atomic E-state index is 0.00379. The van der Waals surface area contributed by atoms with Crippen LogP contribution in [0.15, 0.2) is 54.6 Å². The fraction of sp³-hybridized carbons (Fsp3) is 0.188. The van der Waals surface area contributed by atoms with Crippen LogP contribution in [0.25, 0.3) is 0 Å². The number of nitrogens with one attached hydrogen (secondary N) is 1. The molecule has 0 bridgehead atoms. The lowest BCUT2D eigenvalue weighted by atomic mass is 10.1. The van der Waals surface area contributed by atoms with Crippen molar-refractivity contribution in [1.29, 1.82) is 0 Å². The van der Waals surface area contributed by atoms with E-state index in [1.54, 1.807) is 24.3 Å². The van der Waals surface area contributed by atoms with Gasteiger partial charge in [-0.25, -0.2) is 0 Å². The highest BCUT2D eigenvalue weighted by molar-refractivity contribution is 6.30. The van der Waals surface area contributed by atoms with Crippen LogP contribution in [-0.4, -0.2) is 19.1 Å². The Morgan fingerprint density at radius 3 is 2.45 bits per heavy atom. The maximum atomic E-state index is 11.7. The largest absolute Gasteiger partial charge is 0.492 e. The van der Waals surface area contributed by atoms with Crippen LogP contribution >= 0.6 is 11.6 Å². The molecule has 1 amide bonds. The van der Waals surface area contributed by atoms with Gasteiger partial charge in [0, 0.05) is 5.02 Å². The molecule has 0 heterocycles. The molecule has 4 heteroatoms. The standard InChI is InChI=1S/C16H16ClNO2/c17-14-6-8-15(9-7-14)20-11-10-18-16(19)12-13-4-2-1-3-5-13/h1-9H,10-12H2,(H,18,19). The number of ether oxygens (including phenoxy) is 1. The lowest BCUT2D eigenvalue weighted by Gasteiger charge is -2.08. The molecule has 0 aliphatic rings. The van der Waals surface area contributed by atoms with E-state index in [1.165, 1.54) is 0 Å².